The molecule has 1 atom stereocenters. The van der Waals surface area contributed by atoms with Gasteiger partial charge in [-0.2, -0.15) is 0 Å². The largest absolute Gasteiger partial charge is 0.310 e. The summed E-state index contributed by atoms with van der Waals surface area (Å²) in [5.41, 5.74) is 0. The second-order valence-electron chi connectivity index (χ2n) is 2.24. The second kappa shape index (κ2) is 7.71. The molecule has 0 fully saturated rings. The summed E-state index contributed by atoms with van der Waals surface area (Å²) in [6.45, 7) is 6.76. The zero-order chi connectivity index (χ0) is 8.53. The maximum absolute atomic E-state index is 5.09. The Kier molecular flexibility index (Phi) is 7.44. The van der Waals surface area contributed by atoms with E-state index in [1.165, 1.54) is 0 Å². The number of rotatable bonds is 6. The van der Waals surface area contributed by atoms with Gasteiger partial charge in [0.2, 0.25) is 0 Å². The van der Waals surface area contributed by atoms with E-state index in [1.54, 1.807) is 11.8 Å². The fraction of sp³-hybridized carbons (Fsp3) is 0.556. The van der Waals surface area contributed by atoms with Crippen LogP contribution in [-0.2, 0) is 0 Å². The highest BCUT2D eigenvalue weighted by molar-refractivity contribution is 7.99. The summed E-state index contributed by atoms with van der Waals surface area (Å²) in [7, 11) is 0. The van der Waals surface area contributed by atoms with Gasteiger partial charge >= 0.3 is 0 Å². The van der Waals surface area contributed by atoms with Gasteiger partial charge in [-0.1, -0.05) is 12.0 Å². The highest BCUT2D eigenvalue weighted by Gasteiger charge is 1.92. The fourth-order valence-corrected chi connectivity index (χ4v) is 1.10. The minimum absolute atomic E-state index is 0.404. The third kappa shape index (κ3) is 7.51. The van der Waals surface area contributed by atoms with E-state index in [1.807, 2.05) is 6.08 Å². The first kappa shape index (κ1) is 10.6. The van der Waals surface area contributed by atoms with Crippen molar-refractivity contribution in [2.45, 2.75) is 13.0 Å². The first-order chi connectivity index (χ1) is 5.31. The van der Waals surface area contributed by atoms with Crippen LogP contribution in [0.25, 0.3) is 0 Å². The Morgan fingerprint density at radius 3 is 3.09 bits per heavy atom. The molecule has 11 heavy (non-hydrogen) atoms. The van der Waals surface area contributed by atoms with Crippen molar-refractivity contribution in [2.24, 2.45) is 0 Å². The average Bonchev–Trinajstić information content (AvgIpc) is 2.04. The Hall–Kier alpha value is -0.390. The summed E-state index contributed by atoms with van der Waals surface area (Å²) in [6.07, 6.45) is 6.98. The Labute approximate surface area is 73.6 Å². The Morgan fingerprint density at radius 1 is 1.82 bits per heavy atom. The average molecular weight is 169 g/mol. The van der Waals surface area contributed by atoms with Crippen LogP contribution in [0.3, 0.4) is 0 Å². The summed E-state index contributed by atoms with van der Waals surface area (Å²) >= 11 is 1.77. The molecule has 0 bridgehead atoms. The molecule has 1 nitrogen and oxygen atoms in total. The summed E-state index contributed by atoms with van der Waals surface area (Å²) in [5, 5.41) is 3.28. The molecule has 0 aliphatic carbocycles. The Morgan fingerprint density at radius 2 is 2.55 bits per heavy atom. The number of terminal acetylenes is 1. The Balaban J connectivity index is 3.02. The zero-order valence-electron chi connectivity index (χ0n) is 6.97. The molecule has 0 saturated heterocycles. The first-order valence-electron chi connectivity index (χ1n) is 3.68. The van der Waals surface area contributed by atoms with Crippen LogP contribution in [0.1, 0.15) is 6.92 Å². The maximum Gasteiger partial charge on any atom is 0.0545 e. The van der Waals surface area contributed by atoms with Crippen LogP contribution in [0.5, 0.6) is 0 Å². The van der Waals surface area contributed by atoms with E-state index in [-0.39, 0.29) is 0 Å². The third-order valence-electron chi connectivity index (χ3n) is 1.25. The Bertz CT molecular complexity index is 137. The smallest absolute Gasteiger partial charge is 0.0545 e. The molecular formula is C9H15NS. The lowest BCUT2D eigenvalue weighted by Gasteiger charge is -2.06. The molecule has 0 spiro atoms. The molecule has 0 aliphatic heterocycles. The molecule has 0 radical (unpaired) electrons. The lowest BCUT2D eigenvalue weighted by atomic mass is 10.3. The third-order valence-corrected chi connectivity index (χ3v) is 2.12. The highest BCUT2D eigenvalue weighted by Crippen LogP contribution is 1.95. The molecule has 62 valence electrons. The van der Waals surface area contributed by atoms with Gasteiger partial charge in [0.15, 0.2) is 0 Å². The van der Waals surface area contributed by atoms with E-state index in [4.69, 9.17) is 6.42 Å². The molecule has 0 aromatic heterocycles. The predicted molar refractivity (Wildman–Crippen MR) is 53.8 cm³/mol. The van der Waals surface area contributed by atoms with Crippen molar-refractivity contribution in [3.63, 3.8) is 0 Å². The lowest BCUT2D eigenvalue weighted by molar-refractivity contribution is 0.666. The number of hydrogen-bond acceptors (Lipinski definition) is 2. The van der Waals surface area contributed by atoms with Crippen LogP contribution in [0, 0.1) is 12.3 Å². The molecule has 2 heteroatoms. The summed E-state index contributed by atoms with van der Waals surface area (Å²) in [5.74, 6) is 4.47. The van der Waals surface area contributed by atoms with Crippen molar-refractivity contribution in [2.75, 3.05) is 18.1 Å². The fourth-order valence-electron chi connectivity index (χ4n) is 0.573. The van der Waals surface area contributed by atoms with E-state index < -0.39 is 0 Å². The normalized spacial score (nSPS) is 12.0. The van der Waals surface area contributed by atoms with E-state index >= 15 is 0 Å². The predicted octanol–water partition coefficient (Wildman–Crippen LogP) is 1.52. The number of hydrogen-bond donors (Lipinski definition) is 1. The second-order valence-corrected chi connectivity index (χ2v) is 3.34. The molecular weight excluding hydrogens is 154 g/mol. The monoisotopic (exact) mass is 169 g/mol. The zero-order valence-corrected chi connectivity index (χ0v) is 7.79. The van der Waals surface area contributed by atoms with Crippen molar-refractivity contribution in [3.8, 4) is 12.3 Å². The van der Waals surface area contributed by atoms with Crippen LogP contribution < -0.4 is 5.32 Å². The molecule has 0 amide bonds. The van der Waals surface area contributed by atoms with Crippen molar-refractivity contribution >= 4 is 11.8 Å². The van der Waals surface area contributed by atoms with Crippen molar-refractivity contribution < 1.29 is 0 Å². The first-order valence-corrected chi connectivity index (χ1v) is 4.84. The van der Waals surface area contributed by atoms with Gasteiger partial charge in [-0.15, -0.1) is 24.8 Å². The molecule has 0 aliphatic rings. The summed E-state index contributed by atoms with van der Waals surface area (Å²) < 4.78 is 0. The van der Waals surface area contributed by atoms with Crippen LogP contribution in [0.4, 0.5) is 0 Å². The van der Waals surface area contributed by atoms with E-state index in [0.29, 0.717) is 6.04 Å². The van der Waals surface area contributed by atoms with Crippen molar-refractivity contribution in [3.05, 3.63) is 12.7 Å². The van der Waals surface area contributed by atoms with Gasteiger partial charge in [0.1, 0.15) is 0 Å². The van der Waals surface area contributed by atoms with Crippen molar-refractivity contribution in [1.29, 1.82) is 0 Å². The number of nitrogens with one attached hydrogen (secondary N) is 1. The van der Waals surface area contributed by atoms with E-state index in [2.05, 4.69) is 24.7 Å². The SMILES string of the molecule is C#CCSCCNC(C)C=C. The van der Waals surface area contributed by atoms with Crippen molar-refractivity contribution in [1.82, 2.24) is 5.32 Å². The van der Waals surface area contributed by atoms with Crippen LogP contribution in [0.15, 0.2) is 12.7 Å². The summed E-state index contributed by atoms with van der Waals surface area (Å²) in [6, 6.07) is 0.404. The highest BCUT2D eigenvalue weighted by atomic mass is 32.2. The van der Waals surface area contributed by atoms with Gasteiger partial charge in [-0.3, -0.25) is 0 Å². The van der Waals surface area contributed by atoms with Crippen LogP contribution in [0.2, 0.25) is 0 Å². The van der Waals surface area contributed by atoms with E-state index in [0.717, 1.165) is 18.1 Å². The van der Waals surface area contributed by atoms with Gasteiger partial charge in [-0.05, 0) is 6.92 Å². The molecule has 0 rings (SSSR count). The lowest BCUT2D eigenvalue weighted by Crippen LogP contribution is -2.25. The van der Waals surface area contributed by atoms with Gasteiger partial charge in [0, 0.05) is 18.3 Å². The molecule has 0 aromatic rings. The quantitative estimate of drug-likeness (QED) is 0.367. The van der Waals surface area contributed by atoms with Crippen LogP contribution >= 0.6 is 11.8 Å². The molecule has 0 saturated carbocycles. The maximum atomic E-state index is 5.09. The van der Waals surface area contributed by atoms with Crippen LogP contribution in [-0.4, -0.2) is 24.1 Å². The topological polar surface area (TPSA) is 12.0 Å². The molecule has 1 N–H and O–H groups in total. The minimum Gasteiger partial charge on any atom is -0.310 e. The number of thioether (sulfide) groups is 1. The van der Waals surface area contributed by atoms with Gasteiger partial charge < -0.3 is 5.32 Å². The van der Waals surface area contributed by atoms with E-state index in [9.17, 15) is 0 Å². The minimum atomic E-state index is 0.404. The molecule has 0 aromatic carbocycles. The summed E-state index contributed by atoms with van der Waals surface area (Å²) in [4.78, 5) is 0. The van der Waals surface area contributed by atoms with Gasteiger partial charge in [-0.25, -0.2) is 0 Å². The van der Waals surface area contributed by atoms with Gasteiger partial charge in [0.05, 0.1) is 5.75 Å². The van der Waals surface area contributed by atoms with Gasteiger partial charge in [0.25, 0.3) is 0 Å². The molecule has 1 unspecified atom stereocenters. The standard InChI is InChI=1S/C9H15NS/c1-4-7-11-8-6-10-9(3)5-2/h1,5,9-10H,2,6-8H2,3H3. The molecule has 0 heterocycles.